The Morgan fingerprint density at radius 3 is 2.48 bits per heavy atom. The van der Waals surface area contributed by atoms with Crippen molar-refractivity contribution in [2.24, 2.45) is 0 Å². The van der Waals surface area contributed by atoms with Crippen molar-refractivity contribution >= 4 is 17.7 Å². The third-order valence-electron chi connectivity index (χ3n) is 8.03. The fraction of sp³-hybridized carbons (Fsp3) is 0.448. The van der Waals surface area contributed by atoms with Gasteiger partial charge < -0.3 is 25.2 Å². The van der Waals surface area contributed by atoms with Gasteiger partial charge in [0.25, 0.3) is 0 Å². The Balaban J connectivity index is 0.000000313. The molecule has 2 aliphatic heterocycles. The minimum Gasteiger partial charge on any atom is -0.393 e. The predicted octanol–water partition coefficient (Wildman–Crippen LogP) is 2.91. The van der Waals surface area contributed by atoms with Gasteiger partial charge in [0.15, 0.2) is 5.82 Å². The quantitative estimate of drug-likeness (QED) is 0.366. The van der Waals surface area contributed by atoms with Gasteiger partial charge in [0.05, 0.1) is 36.7 Å². The van der Waals surface area contributed by atoms with Crippen molar-refractivity contribution in [1.82, 2.24) is 29.3 Å². The van der Waals surface area contributed by atoms with Crippen LogP contribution in [0.4, 0.5) is 5.82 Å². The lowest BCUT2D eigenvalue weighted by Gasteiger charge is -2.31. The number of fused-ring (bicyclic) bond motifs is 1. The number of carbonyl (C=O) groups excluding carboxylic acids is 1. The van der Waals surface area contributed by atoms with Crippen molar-refractivity contribution in [3.63, 3.8) is 0 Å². The second-order valence-electron chi connectivity index (χ2n) is 10.6. The lowest BCUT2D eigenvalue weighted by atomic mass is 9.77. The molecule has 3 aromatic heterocycles. The standard InChI is InChI=1S/C24H26N6O2.C5H9NO2/c25-24-23-20(21-4-7-27-29(21)18-5-8-32-9-6-18)13-22(30(23)28-14-26-24)16-3-1-2-15(10-16)17-11-19(31)12-17;7-5-6-1-3-8-4-2-6/h1-4,7,10,13-14,17-19,31H,5-6,8-9,11-12H2,(H2,25,26,28);5H,1-4H2. The lowest BCUT2D eigenvalue weighted by molar-refractivity contribution is -0.121. The molecular weight excluding hydrogens is 510 g/mol. The Kier molecular flexibility index (Phi) is 7.76. The van der Waals surface area contributed by atoms with Gasteiger partial charge in [0.2, 0.25) is 6.41 Å². The topological polar surface area (TPSA) is 133 Å². The first-order chi connectivity index (χ1) is 19.6. The van der Waals surface area contributed by atoms with E-state index >= 15 is 0 Å². The SMILES string of the molecule is Nc1ncnn2c(-c3cccc(C4CC(O)C4)c3)cc(-c3ccnn3C3CCOCC3)c12.O=CN1CCOCC1. The number of nitrogens with two attached hydrogens (primary N) is 1. The Morgan fingerprint density at radius 1 is 0.975 bits per heavy atom. The number of ether oxygens (including phenoxy) is 2. The van der Waals surface area contributed by atoms with E-state index in [9.17, 15) is 9.90 Å². The number of nitrogen functional groups attached to an aromatic ring is 1. The van der Waals surface area contributed by atoms with Crippen LogP contribution in [0, 0.1) is 0 Å². The first kappa shape index (κ1) is 26.4. The normalized spacial score (nSPS) is 21.5. The minimum atomic E-state index is -0.178. The fourth-order valence-electron chi connectivity index (χ4n) is 5.71. The fourth-order valence-corrected chi connectivity index (χ4v) is 5.71. The number of hydrogen-bond acceptors (Lipinski definition) is 8. The molecule has 40 heavy (non-hydrogen) atoms. The molecule has 11 nitrogen and oxygen atoms in total. The number of amides is 1. The average Bonchev–Trinajstić information content (AvgIpc) is 3.63. The zero-order valence-electron chi connectivity index (χ0n) is 22.4. The summed E-state index contributed by atoms with van der Waals surface area (Å²) in [6.45, 7) is 4.39. The molecule has 11 heteroatoms. The zero-order valence-corrected chi connectivity index (χ0v) is 22.4. The van der Waals surface area contributed by atoms with E-state index in [4.69, 9.17) is 15.2 Å². The van der Waals surface area contributed by atoms with E-state index in [2.05, 4.69) is 50.2 Å². The summed E-state index contributed by atoms with van der Waals surface area (Å²) in [4.78, 5) is 16.0. The predicted molar refractivity (Wildman–Crippen MR) is 150 cm³/mol. The van der Waals surface area contributed by atoms with Crippen LogP contribution in [0.25, 0.3) is 28.0 Å². The van der Waals surface area contributed by atoms with Crippen molar-refractivity contribution in [3.8, 4) is 22.5 Å². The average molecular weight is 546 g/mol. The molecule has 5 heterocycles. The monoisotopic (exact) mass is 545 g/mol. The van der Waals surface area contributed by atoms with Crippen LogP contribution in [0.5, 0.6) is 0 Å². The smallest absolute Gasteiger partial charge is 0.209 e. The molecule has 0 bridgehead atoms. The van der Waals surface area contributed by atoms with Crippen molar-refractivity contribution < 1.29 is 19.4 Å². The third-order valence-corrected chi connectivity index (χ3v) is 8.03. The highest BCUT2D eigenvalue weighted by Gasteiger charge is 2.29. The maximum atomic E-state index is 10.0. The van der Waals surface area contributed by atoms with Gasteiger partial charge in [0.1, 0.15) is 11.8 Å². The molecule has 3 aliphatic rings. The second kappa shape index (κ2) is 11.7. The van der Waals surface area contributed by atoms with Crippen LogP contribution in [-0.2, 0) is 14.3 Å². The Morgan fingerprint density at radius 2 is 1.75 bits per heavy atom. The van der Waals surface area contributed by atoms with E-state index in [1.807, 2.05) is 16.8 Å². The van der Waals surface area contributed by atoms with E-state index in [0.717, 1.165) is 86.4 Å². The number of aliphatic hydroxyl groups excluding tert-OH is 1. The molecule has 3 fully saturated rings. The minimum absolute atomic E-state index is 0.178. The molecule has 3 N–H and O–H groups in total. The van der Waals surface area contributed by atoms with Gasteiger partial charge in [-0.15, -0.1) is 0 Å². The number of benzene rings is 1. The summed E-state index contributed by atoms with van der Waals surface area (Å²) in [5, 5.41) is 18.9. The van der Waals surface area contributed by atoms with E-state index in [-0.39, 0.29) is 6.10 Å². The second-order valence-corrected chi connectivity index (χ2v) is 10.6. The highest BCUT2D eigenvalue weighted by Crippen LogP contribution is 2.40. The summed E-state index contributed by atoms with van der Waals surface area (Å²) in [5.74, 6) is 0.851. The molecule has 1 amide bonds. The molecular formula is C29H35N7O4. The number of anilines is 1. The first-order valence-electron chi connectivity index (χ1n) is 13.9. The van der Waals surface area contributed by atoms with E-state index < -0.39 is 0 Å². The Bertz CT molecular complexity index is 1450. The van der Waals surface area contributed by atoms with Gasteiger partial charge in [-0.25, -0.2) is 9.50 Å². The highest BCUT2D eigenvalue weighted by atomic mass is 16.5. The molecule has 210 valence electrons. The summed E-state index contributed by atoms with van der Waals surface area (Å²) in [6, 6.07) is 13.0. The van der Waals surface area contributed by atoms with Crippen LogP contribution < -0.4 is 5.73 Å². The summed E-state index contributed by atoms with van der Waals surface area (Å²) in [7, 11) is 0. The summed E-state index contributed by atoms with van der Waals surface area (Å²) in [5.41, 5.74) is 12.4. The number of hydrogen-bond donors (Lipinski definition) is 2. The molecule has 4 aromatic rings. The largest absolute Gasteiger partial charge is 0.393 e. The zero-order chi connectivity index (χ0) is 27.5. The van der Waals surface area contributed by atoms with Gasteiger partial charge in [-0.05, 0) is 55.4 Å². The van der Waals surface area contributed by atoms with Gasteiger partial charge in [0, 0.05) is 43.6 Å². The Hall–Kier alpha value is -3.80. The van der Waals surface area contributed by atoms with E-state index in [1.165, 1.54) is 11.9 Å². The number of aromatic nitrogens is 5. The van der Waals surface area contributed by atoms with Gasteiger partial charge in [-0.1, -0.05) is 18.2 Å². The number of morpholine rings is 1. The number of rotatable bonds is 5. The van der Waals surface area contributed by atoms with Crippen molar-refractivity contribution in [1.29, 1.82) is 0 Å². The highest BCUT2D eigenvalue weighted by molar-refractivity contribution is 5.91. The van der Waals surface area contributed by atoms with Crippen LogP contribution in [-0.4, -0.2) is 86.4 Å². The van der Waals surface area contributed by atoms with Crippen molar-refractivity contribution in [2.45, 2.75) is 43.7 Å². The summed E-state index contributed by atoms with van der Waals surface area (Å²) < 4.78 is 14.5. The molecule has 0 unspecified atom stereocenters. The van der Waals surface area contributed by atoms with Gasteiger partial charge in [-0.3, -0.25) is 9.48 Å². The molecule has 2 saturated heterocycles. The number of nitrogens with zero attached hydrogens (tertiary/aromatic N) is 6. The van der Waals surface area contributed by atoms with Crippen LogP contribution in [0.2, 0.25) is 0 Å². The molecule has 1 saturated carbocycles. The summed E-state index contributed by atoms with van der Waals surface area (Å²) >= 11 is 0. The molecule has 0 spiro atoms. The van der Waals surface area contributed by atoms with Crippen LogP contribution in [0.15, 0.2) is 48.9 Å². The van der Waals surface area contributed by atoms with Crippen LogP contribution in [0.3, 0.4) is 0 Å². The van der Waals surface area contributed by atoms with Gasteiger partial charge >= 0.3 is 0 Å². The van der Waals surface area contributed by atoms with Crippen molar-refractivity contribution in [3.05, 3.63) is 54.5 Å². The summed E-state index contributed by atoms with van der Waals surface area (Å²) in [6.07, 6.45) is 7.55. The number of carbonyl (C=O) groups is 1. The van der Waals surface area contributed by atoms with Gasteiger partial charge in [-0.2, -0.15) is 10.2 Å². The van der Waals surface area contributed by atoms with E-state index in [1.54, 1.807) is 4.90 Å². The third kappa shape index (κ3) is 5.32. The molecule has 7 rings (SSSR count). The molecule has 0 radical (unpaired) electrons. The molecule has 1 aliphatic carbocycles. The van der Waals surface area contributed by atoms with Crippen molar-refractivity contribution in [2.75, 3.05) is 45.3 Å². The first-order valence-corrected chi connectivity index (χ1v) is 13.9. The van der Waals surface area contributed by atoms with Crippen LogP contribution in [0.1, 0.15) is 43.2 Å². The van der Waals surface area contributed by atoms with E-state index in [0.29, 0.717) is 31.0 Å². The number of aliphatic hydroxyl groups is 1. The maximum absolute atomic E-state index is 10.0. The lowest BCUT2D eigenvalue weighted by Crippen LogP contribution is -2.34. The molecule has 1 aromatic carbocycles. The Labute approximate surface area is 232 Å². The molecule has 0 atom stereocenters. The van der Waals surface area contributed by atoms with Crippen LogP contribution >= 0.6 is 0 Å². The maximum Gasteiger partial charge on any atom is 0.209 e.